The molecule has 0 fully saturated rings. The van der Waals surface area contributed by atoms with Crippen molar-refractivity contribution >= 4 is 35.4 Å². The van der Waals surface area contributed by atoms with E-state index in [9.17, 15) is 28.8 Å². The summed E-state index contributed by atoms with van der Waals surface area (Å²) in [5.74, 6) is -5.04. The Morgan fingerprint density at radius 1 is 0.556 bits per heavy atom. The molecule has 4 N–H and O–H groups in total. The molecule has 0 aliphatic heterocycles. The lowest BCUT2D eigenvalue weighted by molar-refractivity contribution is -0.145. The second-order valence-electron chi connectivity index (χ2n) is 5.58. The molecule has 0 amide bonds. The molecule has 154 valence electrons. The number of aliphatic carboxylic acids is 4. The third kappa shape index (κ3) is 21.1. The van der Waals surface area contributed by atoms with E-state index in [-0.39, 0.29) is 31.1 Å². The number of hydrogen-bond donors (Lipinski definition) is 4. The van der Waals surface area contributed by atoms with Crippen molar-refractivity contribution in [3.8, 4) is 0 Å². The average Bonchev–Trinajstić information content (AvgIpc) is 2.41. The Morgan fingerprint density at radius 3 is 0.889 bits per heavy atom. The van der Waals surface area contributed by atoms with Gasteiger partial charge in [-0.05, 0) is 13.8 Å². The second-order valence-corrected chi connectivity index (χ2v) is 5.58. The lowest BCUT2D eigenvalue weighted by atomic mass is 10.2. The summed E-state index contributed by atoms with van der Waals surface area (Å²) in [6, 6.07) is 0. The normalized spacial score (nSPS) is 10.1. The fourth-order valence-corrected chi connectivity index (χ4v) is 1.83. The third-order valence-electron chi connectivity index (χ3n) is 2.67. The van der Waals surface area contributed by atoms with Crippen LogP contribution in [0.25, 0.3) is 0 Å². The van der Waals surface area contributed by atoms with Gasteiger partial charge in [0, 0.05) is 13.1 Å². The number of nitrogens with zero attached hydrogens (tertiary/aromatic N) is 2. The maximum atomic E-state index is 10.6. The number of hydrogen-bond acceptors (Lipinski definition) is 8. The van der Waals surface area contributed by atoms with Crippen LogP contribution in [-0.2, 0) is 28.8 Å². The number of carbonyl (C=O) groups excluding carboxylic acids is 2. The highest BCUT2D eigenvalue weighted by molar-refractivity contribution is 5.96. The van der Waals surface area contributed by atoms with E-state index in [1.54, 1.807) is 0 Å². The Morgan fingerprint density at radius 2 is 0.778 bits per heavy atom. The quantitative estimate of drug-likeness (QED) is 0.265. The summed E-state index contributed by atoms with van der Waals surface area (Å²) in [4.78, 5) is 64.4. The van der Waals surface area contributed by atoms with Crippen LogP contribution in [0.2, 0.25) is 0 Å². The van der Waals surface area contributed by atoms with Crippen molar-refractivity contribution in [3.63, 3.8) is 0 Å². The van der Waals surface area contributed by atoms with Gasteiger partial charge in [0.1, 0.15) is 11.6 Å². The number of rotatable bonds is 13. The monoisotopic (exact) mass is 392 g/mol. The first-order valence-electron chi connectivity index (χ1n) is 7.64. The van der Waals surface area contributed by atoms with E-state index in [0.29, 0.717) is 0 Å². The Labute approximate surface area is 155 Å². The highest BCUT2D eigenvalue weighted by Crippen LogP contribution is 1.94. The standard InChI is InChI=1S/C10H16N2O8.C5H8O2/c13-7(14)3-11(4-8(15)16)1-2-12(5-9(17)18)6-10(19)20;1-4(6)3-5(2)7/h1-6H2,(H,13,14)(H,15,16)(H,17,18)(H,19,20);3H2,1-2H3. The molecule has 0 radical (unpaired) electrons. The third-order valence-corrected chi connectivity index (χ3v) is 2.67. The molecule has 0 saturated heterocycles. The lowest BCUT2D eigenvalue weighted by Gasteiger charge is -2.23. The molecule has 0 unspecified atom stereocenters. The molecule has 0 rings (SSSR count). The van der Waals surface area contributed by atoms with E-state index >= 15 is 0 Å². The van der Waals surface area contributed by atoms with Gasteiger partial charge >= 0.3 is 23.9 Å². The summed E-state index contributed by atoms with van der Waals surface area (Å²) in [5.41, 5.74) is 0. The number of Topliss-reactive ketones (excluding diaryl/α,β-unsaturated/α-hetero) is 2. The fourth-order valence-electron chi connectivity index (χ4n) is 1.83. The van der Waals surface area contributed by atoms with Crippen molar-refractivity contribution in [3.05, 3.63) is 0 Å². The van der Waals surface area contributed by atoms with Crippen molar-refractivity contribution in [2.75, 3.05) is 39.3 Å². The van der Waals surface area contributed by atoms with E-state index in [4.69, 9.17) is 20.4 Å². The van der Waals surface area contributed by atoms with E-state index in [1.165, 1.54) is 13.8 Å². The SMILES string of the molecule is CC(=O)CC(C)=O.O=C(O)CN(CCN(CC(=O)O)CC(=O)O)CC(=O)O. The van der Waals surface area contributed by atoms with Gasteiger partial charge in [-0.3, -0.25) is 38.6 Å². The van der Waals surface area contributed by atoms with E-state index in [2.05, 4.69) is 0 Å². The van der Waals surface area contributed by atoms with Crippen LogP contribution in [0.5, 0.6) is 0 Å². The molecular formula is C15H24N2O10. The van der Waals surface area contributed by atoms with Crippen molar-refractivity contribution in [2.45, 2.75) is 20.3 Å². The van der Waals surface area contributed by atoms with Gasteiger partial charge in [-0.25, -0.2) is 0 Å². The van der Waals surface area contributed by atoms with Gasteiger partial charge in [-0.2, -0.15) is 0 Å². The van der Waals surface area contributed by atoms with Crippen LogP contribution in [0.3, 0.4) is 0 Å². The zero-order valence-corrected chi connectivity index (χ0v) is 15.1. The van der Waals surface area contributed by atoms with Gasteiger partial charge in [0.2, 0.25) is 0 Å². The van der Waals surface area contributed by atoms with Crippen molar-refractivity contribution in [1.82, 2.24) is 9.80 Å². The van der Waals surface area contributed by atoms with Crippen LogP contribution >= 0.6 is 0 Å². The molecule has 0 aromatic rings. The highest BCUT2D eigenvalue weighted by Gasteiger charge is 2.17. The fraction of sp³-hybridized carbons (Fsp3) is 0.600. The number of carbonyl (C=O) groups is 6. The van der Waals surface area contributed by atoms with Crippen LogP contribution in [-0.4, -0.2) is 105 Å². The number of ketones is 2. The Bertz CT molecular complexity index is 481. The molecule has 0 aliphatic carbocycles. The molecule has 0 aromatic carbocycles. The summed E-state index contributed by atoms with van der Waals surface area (Å²) < 4.78 is 0. The van der Waals surface area contributed by atoms with Crippen LogP contribution in [0.15, 0.2) is 0 Å². The summed E-state index contributed by atoms with van der Waals surface area (Å²) in [7, 11) is 0. The van der Waals surface area contributed by atoms with Crippen molar-refractivity contribution < 1.29 is 49.2 Å². The lowest BCUT2D eigenvalue weighted by Crippen LogP contribution is -2.43. The minimum atomic E-state index is -1.23. The molecule has 0 atom stereocenters. The maximum Gasteiger partial charge on any atom is 0.317 e. The Balaban J connectivity index is 0. The summed E-state index contributed by atoms with van der Waals surface area (Å²) in [6.07, 6.45) is 0.0833. The van der Waals surface area contributed by atoms with Gasteiger partial charge < -0.3 is 20.4 Å². The van der Waals surface area contributed by atoms with Crippen molar-refractivity contribution in [1.29, 1.82) is 0 Å². The molecule has 0 aromatic heterocycles. The van der Waals surface area contributed by atoms with Gasteiger partial charge in [0.25, 0.3) is 0 Å². The average molecular weight is 392 g/mol. The van der Waals surface area contributed by atoms with Crippen LogP contribution in [0.4, 0.5) is 0 Å². The Hall–Kier alpha value is -2.86. The topological polar surface area (TPSA) is 190 Å². The number of carboxylic acid groups (broad SMARTS) is 4. The van der Waals surface area contributed by atoms with Crippen LogP contribution in [0.1, 0.15) is 20.3 Å². The molecule has 27 heavy (non-hydrogen) atoms. The minimum absolute atomic E-state index is 0.0625. The van der Waals surface area contributed by atoms with Crippen molar-refractivity contribution in [2.24, 2.45) is 0 Å². The summed E-state index contributed by atoms with van der Waals surface area (Å²) in [5, 5.41) is 34.5. The molecule has 0 spiro atoms. The van der Waals surface area contributed by atoms with Gasteiger partial charge in [0.05, 0.1) is 32.6 Å². The summed E-state index contributed by atoms with van der Waals surface area (Å²) in [6.45, 7) is 0.558. The molecule has 0 aliphatic rings. The van der Waals surface area contributed by atoms with Gasteiger partial charge in [-0.1, -0.05) is 0 Å². The largest absolute Gasteiger partial charge is 0.480 e. The van der Waals surface area contributed by atoms with E-state index < -0.39 is 50.1 Å². The minimum Gasteiger partial charge on any atom is -0.480 e. The Kier molecular flexibility index (Phi) is 14.0. The van der Waals surface area contributed by atoms with Crippen LogP contribution in [0, 0.1) is 0 Å². The zero-order chi connectivity index (χ0) is 21.6. The molecule has 12 nitrogen and oxygen atoms in total. The molecular weight excluding hydrogens is 368 g/mol. The molecule has 0 heterocycles. The first-order valence-corrected chi connectivity index (χ1v) is 7.64. The smallest absolute Gasteiger partial charge is 0.317 e. The highest BCUT2D eigenvalue weighted by atomic mass is 16.4. The number of carboxylic acids is 4. The van der Waals surface area contributed by atoms with Gasteiger partial charge in [-0.15, -0.1) is 0 Å². The summed E-state index contributed by atoms with van der Waals surface area (Å²) >= 11 is 0. The first-order chi connectivity index (χ1) is 12.3. The van der Waals surface area contributed by atoms with E-state index in [0.717, 1.165) is 9.80 Å². The molecule has 0 saturated carbocycles. The predicted octanol–water partition coefficient (Wildman–Crippen LogP) is -1.52. The first kappa shape index (κ1) is 26.4. The van der Waals surface area contributed by atoms with E-state index in [1.807, 2.05) is 0 Å². The second kappa shape index (κ2) is 14.3. The maximum absolute atomic E-state index is 10.6. The van der Waals surface area contributed by atoms with Crippen LogP contribution < -0.4 is 0 Å². The van der Waals surface area contributed by atoms with Gasteiger partial charge in [0.15, 0.2) is 0 Å². The molecule has 0 bridgehead atoms. The molecule has 12 heteroatoms. The zero-order valence-electron chi connectivity index (χ0n) is 15.1. The predicted molar refractivity (Wildman–Crippen MR) is 89.4 cm³/mol.